The molecule has 1 unspecified atom stereocenters. The second-order valence-electron chi connectivity index (χ2n) is 5.02. The predicted octanol–water partition coefficient (Wildman–Crippen LogP) is 1.98. The molecule has 0 aliphatic rings. The van der Waals surface area contributed by atoms with Crippen molar-refractivity contribution >= 4 is 17.2 Å². The SMILES string of the molecule is CC(O)CCN(C)C(=O)Cc1csc(-c2cccnc2)n1. The normalized spacial score (nSPS) is 12.1. The van der Waals surface area contributed by atoms with Crippen molar-refractivity contribution in [2.24, 2.45) is 0 Å². The number of aliphatic hydroxyl groups excluding tert-OH is 1. The van der Waals surface area contributed by atoms with Crippen LogP contribution in [-0.2, 0) is 11.2 Å². The van der Waals surface area contributed by atoms with Crippen LogP contribution < -0.4 is 0 Å². The fourth-order valence-corrected chi connectivity index (χ4v) is 2.62. The number of hydrogen-bond acceptors (Lipinski definition) is 5. The molecule has 1 amide bonds. The minimum absolute atomic E-state index is 0.0127. The number of nitrogens with zero attached hydrogens (tertiary/aromatic N) is 3. The maximum Gasteiger partial charge on any atom is 0.228 e. The van der Waals surface area contributed by atoms with Gasteiger partial charge in [0.2, 0.25) is 5.91 Å². The molecule has 21 heavy (non-hydrogen) atoms. The zero-order valence-corrected chi connectivity index (χ0v) is 13.0. The van der Waals surface area contributed by atoms with Crippen LogP contribution in [0.1, 0.15) is 19.0 Å². The third-order valence-electron chi connectivity index (χ3n) is 3.10. The zero-order valence-electron chi connectivity index (χ0n) is 12.2. The van der Waals surface area contributed by atoms with Crippen molar-refractivity contribution in [3.63, 3.8) is 0 Å². The molecular formula is C15H19N3O2S. The summed E-state index contributed by atoms with van der Waals surface area (Å²) in [5.41, 5.74) is 1.73. The Bertz CT molecular complexity index is 584. The number of carbonyl (C=O) groups excluding carboxylic acids is 1. The Morgan fingerprint density at radius 3 is 3.00 bits per heavy atom. The molecule has 5 nitrogen and oxygen atoms in total. The van der Waals surface area contributed by atoms with E-state index in [1.54, 1.807) is 31.3 Å². The van der Waals surface area contributed by atoms with Gasteiger partial charge < -0.3 is 10.0 Å². The van der Waals surface area contributed by atoms with E-state index < -0.39 is 6.10 Å². The number of aromatic nitrogens is 2. The van der Waals surface area contributed by atoms with Gasteiger partial charge in [0, 0.05) is 36.9 Å². The molecule has 0 bridgehead atoms. The summed E-state index contributed by atoms with van der Waals surface area (Å²) in [6.45, 7) is 2.27. The van der Waals surface area contributed by atoms with E-state index in [1.807, 2.05) is 17.5 Å². The van der Waals surface area contributed by atoms with Crippen LogP contribution in [0.4, 0.5) is 0 Å². The Morgan fingerprint density at radius 2 is 2.33 bits per heavy atom. The Labute approximate surface area is 128 Å². The van der Waals surface area contributed by atoms with Gasteiger partial charge in [-0.25, -0.2) is 4.98 Å². The molecule has 0 aliphatic heterocycles. The number of carbonyl (C=O) groups is 1. The summed E-state index contributed by atoms with van der Waals surface area (Å²) in [5, 5.41) is 12.0. The minimum atomic E-state index is -0.392. The van der Waals surface area contributed by atoms with E-state index in [9.17, 15) is 9.90 Å². The van der Waals surface area contributed by atoms with Gasteiger partial charge in [0.25, 0.3) is 0 Å². The number of hydrogen-bond donors (Lipinski definition) is 1. The first kappa shape index (κ1) is 15.6. The summed E-state index contributed by atoms with van der Waals surface area (Å²) in [6, 6.07) is 3.82. The molecule has 112 valence electrons. The van der Waals surface area contributed by atoms with E-state index in [0.29, 0.717) is 13.0 Å². The Hall–Kier alpha value is -1.79. The molecule has 0 saturated heterocycles. The first-order chi connectivity index (χ1) is 10.1. The van der Waals surface area contributed by atoms with Crippen molar-refractivity contribution in [3.05, 3.63) is 35.6 Å². The average molecular weight is 305 g/mol. The van der Waals surface area contributed by atoms with Gasteiger partial charge in [-0.3, -0.25) is 9.78 Å². The first-order valence-corrected chi connectivity index (χ1v) is 7.71. The lowest BCUT2D eigenvalue weighted by Gasteiger charge is -2.17. The third kappa shape index (κ3) is 4.61. The molecule has 2 heterocycles. The van der Waals surface area contributed by atoms with Crippen LogP contribution in [-0.4, -0.2) is 45.6 Å². The summed E-state index contributed by atoms with van der Waals surface area (Å²) in [5.74, 6) is 0.0127. The molecule has 0 aliphatic carbocycles. The molecular weight excluding hydrogens is 286 g/mol. The monoisotopic (exact) mass is 305 g/mol. The maximum absolute atomic E-state index is 12.1. The Morgan fingerprint density at radius 1 is 1.52 bits per heavy atom. The number of thiazole rings is 1. The molecule has 2 aromatic heterocycles. The molecule has 0 radical (unpaired) electrons. The highest BCUT2D eigenvalue weighted by molar-refractivity contribution is 7.13. The van der Waals surface area contributed by atoms with E-state index >= 15 is 0 Å². The van der Waals surface area contributed by atoms with Crippen LogP contribution in [0, 0.1) is 0 Å². The standard InChI is InChI=1S/C15H19N3O2S/c1-11(19)5-7-18(2)14(20)8-13-10-21-15(17-13)12-4-3-6-16-9-12/h3-4,6,9-11,19H,5,7-8H2,1-2H3. The van der Waals surface area contributed by atoms with Gasteiger partial charge >= 0.3 is 0 Å². The summed E-state index contributed by atoms with van der Waals surface area (Å²) in [6.07, 6.45) is 3.96. The summed E-state index contributed by atoms with van der Waals surface area (Å²) in [4.78, 5) is 22.2. The van der Waals surface area contributed by atoms with Crippen LogP contribution in [0.15, 0.2) is 29.9 Å². The first-order valence-electron chi connectivity index (χ1n) is 6.83. The van der Waals surface area contributed by atoms with Gasteiger partial charge in [-0.1, -0.05) is 0 Å². The second kappa shape index (κ2) is 7.28. The van der Waals surface area contributed by atoms with Gasteiger partial charge in [-0.2, -0.15) is 0 Å². The van der Waals surface area contributed by atoms with Crippen molar-refractivity contribution in [2.75, 3.05) is 13.6 Å². The smallest absolute Gasteiger partial charge is 0.228 e. The molecule has 0 saturated carbocycles. The minimum Gasteiger partial charge on any atom is -0.393 e. The van der Waals surface area contributed by atoms with Gasteiger partial charge in [-0.15, -0.1) is 11.3 Å². The molecule has 6 heteroatoms. The lowest BCUT2D eigenvalue weighted by atomic mass is 10.2. The molecule has 0 spiro atoms. The molecule has 1 atom stereocenters. The van der Waals surface area contributed by atoms with Crippen molar-refractivity contribution < 1.29 is 9.90 Å². The Kier molecular flexibility index (Phi) is 5.41. The summed E-state index contributed by atoms with van der Waals surface area (Å²) < 4.78 is 0. The highest BCUT2D eigenvalue weighted by Crippen LogP contribution is 2.22. The van der Waals surface area contributed by atoms with Gasteiger partial charge in [0.05, 0.1) is 18.2 Å². The van der Waals surface area contributed by atoms with Crippen LogP contribution in [0.2, 0.25) is 0 Å². The number of pyridine rings is 1. The van der Waals surface area contributed by atoms with Crippen LogP contribution >= 0.6 is 11.3 Å². The van der Waals surface area contributed by atoms with E-state index in [4.69, 9.17) is 0 Å². The largest absolute Gasteiger partial charge is 0.393 e. The fraction of sp³-hybridized carbons (Fsp3) is 0.400. The van der Waals surface area contributed by atoms with Crippen molar-refractivity contribution in [1.82, 2.24) is 14.9 Å². The topological polar surface area (TPSA) is 66.3 Å². The summed E-state index contributed by atoms with van der Waals surface area (Å²) in [7, 11) is 1.75. The van der Waals surface area contributed by atoms with Gasteiger partial charge in [0.15, 0.2) is 0 Å². The molecule has 0 aromatic carbocycles. The third-order valence-corrected chi connectivity index (χ3v) is 4.04. The zero-order chi connectivity index (χ0) is 15.2. The van der Waals surface area contributed by atoms with Crippen LogP contribution in [0.3, 0.4) is 0 Å². The lowest BCUT2D eigenvalue weighted by Crippen LogP contribution is -2.30. The quantitative estimate of drug-likeness (QED) is 0.886. The van der Waals surface area contributed by atoms with Gasteiger partial charge in [0.1, 0.15) is 5.01 Å². The number of aliphatic hydroxyl groups is 1. The van der Waals surface area contributed by atoms with Crippen molar-refractivity contribution in [1.29, 1.82) is 0 Å². The molecule has 0 fully saturated rings. The lowest BCUT2D eigenvalue weighted by molar-refractivity contribution is -0.129. The molecule has 1 N–H and O–H groups in total. The van der Waals surface area contributed by atoms with Gasteiger partial charge in [-0.05, 0) is 25.5 Å². The second-order valence-corrected chi connectivity index (χ2v) is 5.87. The molecule has 2 rings (SSSR count). The van der Waals surface area contributed by atoms with Crippen LogP contribution in [0.25, 0.3) is 10.6 Å². The Balaban J connectivity index is 1.95. The van der Waals surface area contributed by atoms with E-state index in [0.717, 1.165) is 16.3 Å². The number of rotatable bonds is 6. The van der Waals surface area contributed by atoms with E-state index in [-0.39, 0.29) is 12.3 Å². The molecule has 2 aromatic rings. The average Bonchev–Trinajstić information content (AvgIpc) is 2.94. The van der Waals surface area contributed by atoms with Crippen molar-refractivity contribution in [2.45, 2.75) is 25.9 Å². The van der Waals surface area contributed by atoms with E-state index in [1.165, 1.54) is 11.3 Å². The highest BCUT2D eigenvalue weighted by Gasteiger charge is 2.13. The number of amides is 1. The van der Waals surface area contributed by atoms with Crippen molar-refractivity contribution in [3.8, 4) is 10.6 Å². The fourth-order valence-electron chi connectivity index (χ4n) is 1.81. The highest BCUT2D eigenvalue weighted by atomic mass is 32.1. The van der Waals surface area contributed by atoms with E-state index in [2.05, 4.69) is 9.97 Å². The predicted molar refractivity (Wildman–Crippen MR) is 83.0 cm³/mol. The maximum atomic E-state index is 12.1. The summed E-state index contributed by atoms with van der Waals surface area (Å²) >= 11 is 1.51. The van der Waals surface area contributed by atoms with Crippen LogP contribution in [0.5, 0.6) is 0 Å². The number of likely N-dealkylation sites (N-methyl/N-ethyl adjacent to an activating group) is 1.